The van der Waals surface area contributed by atoms with Crippen molar-refractivity contribution in [1.29, 1.82) is 0 Å². The quantitative estimate of drug-likeness (QED) is 0.828. The van der Waals surface area contributed by atoms with E-state index in [0.29, 0.717) is 11.3 Å². The van der Waals surface area contributed by atoms with Crippen LogP contribution in [-0.2, 0) is 10.0 Å². The molecule has 0 aromatic heterocycles. The molecule has 22 heavy (non-hydrogen) atoms. The van der Waals surface area contributed by atoms with Crippen LogP contribution in [0.4, 0.5) is 15.8 Å². The molecule has 0 amide bonds. The van der Waals surface area contributed by atoms with Crippen LogP contribution >= 0.6 is 0 Å². The third-order valence-electron chi connectivity index (χ3n) is 3.04. The van der Waals surface area contributed by atoms with Crippen molar-refractivity contribution in [2.24, 2.45) is 5.92 Å². The molecule has 3 N–H and O–H groups in total. The molecule has 2 rings (SSSR count). The molecule has 0 aliphatic carbocycles. The molecule has 2 aromatic rings. The fraction of sp³-hybridized carbons (Fsp3) is 0.250. The lowest BCUT2D eigenvalue weighted by Gasteiger charge is -2.10. The van der Waals surface area contributed by atoms with Gasteiger partial charge in [0.25, 0.3) is 0 Å². The molecular formula is C16H19FN2O2S. The summed E-state index contributed by atoms with van der Waals surface area (Å²) in [6.45, 7) is 3.69. The van der Waals surface area contributed by atoms with Crippen LogP contribution in [0.15, 0.2) is 42.5 Å². The Kier molecular flexibility index (Phi) is 4.71. The Balaban J connectivity index is 2.18. The Bertz CT molecular complexity index is 756. The van der Waals surface area contributed by atoms with Crippen LogP contribution in [0.25, 0.3) is 11.1 Å². The molecule has 0 radical (unpaired) electrons. The number of benzene rings is 2. The van der Waals surface area contributed by atoms with Crippen molar-refractivity contribution in [2.75, 3.05) is 16.2 Å². The molecule has 0 saturated carbocycles. The first-order valence-electron chi connectivity index (χ1n) is 6.93. The van der Waals surface area contributed by atoms with Crippen LogP contribution < -0.4 is 10.5 Å². The number of hydrogen-bond donors (Lipinski definition) is 2. The molecule has 0 aliphatic rings. The summed E-state index contributed by atoms with van der Waals surface area (Å²) in [5, 5.41) is 0. The van der Waals surface area contributed by atoms with Gasteiger partial charge in [-0.3, -0.25) is 4.72 Å². The van der Waals surface area contributed by atoms with E-state index in [0.717, 1.165) is 5.56 Å². The summed E-state index contributed by atoms with van der Waals surface area (Å²) in [5.74, 6) is -0.355. The molecule has 2 aromatic carbocycles. The first-order valence-corrected chi connectivity index (χ1v) is 8.58. The number of halogens is 1. The number of nitrogen functional groups attached to an aromatic ring is 1. The van der Waals surface area contributed by atoms with Gasteiger partial charge in [0.2, 0.25) is 10.0 Å². The molecule has 118 valence electrons. The largest absolute Gasteiger partial charge is 0.396 e. The summed E-state index contributed by atoms with van der Waals surface area (Å²) in [6.07, 6.45) is 0. The van der Waals surface area contributed by atoms with Gasteiger partial charge in [0.05, 0.1) is 11.4 Å². The monoisotopic (exact) mass is 322 g/mol. The van der Waals surface area contributed by atoms with E-state index in [2.05, 4.69) is 4.72 Å². The maximum Gasteiger partial charge on any atom is 0.232 e. The van der Waals surface area contributed by atoms with E-state index in [-0.39, 0.29) is 17.4 Å². The normalized spacial score (nSPS) is 11.6. The second-order valence-corrected chi connectivity index (χ2v) is 7.36. The molecular weight excluding hydrogens is 303 g/mol. The highest BCUT2D eigenvalue weighted by Gasteiger charge is 2.12. The molecule has 0 fully saturated rings. The van der Waals surface area contributed by atoms with Crippen molar-refractivity contribution >= 4 is 21.4 Å². The fourth-order valence-electron chi connectivity index (χ4n) is 2.10. The summed E-state index contributed by atoms with van der Waals surface area (Å²) in [7, 11) is -3.35. The SMILES string of the molecule is CC(C)CS(=O)(=O)Nc1ccc(-c2ccc(N)c(F)c2)cc1. The van der Waals surface area contributed by atoms with E-state index in [9.17, 15) is 12.8 Å². The summed E-state index contributed by atoms with van der Waals surface area (Å²) in [5.41, 5.74) is 7.50. The molecule has 0 saturated heterocycles. The maximum absolute atomic E-state index is 13.5. The van der Waals surface area contributed by atoms with Gasteiger partial charge in [-0.2, -0.15) is 0 Å². The van der Waals surface area contributed by atoms with Crippen molar-refractivity contribution in [1.82, 2.24) is 0 Å². The van der Waals surface area contributed by atoms with Crippen LogP contribution in [0.5, 0.6) is 0 Å². The number of nitrogens with two attached hydrogens (primary N) is 1. The highest BCUT2D eigenvalue weighted by atomic mass is 32.2. The van der Waals surface area contributed by atoms with E-state index >= 15 is 0 Å². The van der Waals surface area contributed by atoms with Crippen LogP contribution in [0.3, 0.4) is 0 Å². The van der Waals surface area contributed by atoms with Gasteiger partial charge in [-0.15, -0.1) is 0 Å². The highest BCUT2D eigenvalue weighted by molar-refractivity contribution is 7.92. The summed E-state index contributed by atoms with van der Waals surface area (Å²) >= 11 is 0. The average Bonchev–Trinajstić information content (AvgIpc) is 2.41. The van der Waals surface area contributed by atoms with Gasteiger partial charge < -0.3 is 5.73 Å². The third kappa shape index (κ3) is 4.21. The zero-order valence-electron chi connectivity index (χ0n) is 12.5. The molecule has 6 heteroatoms. The fourth-order valence-corrected chi connectivity index (χ4v) is 3.55. The van der Waals surface area contributed by atoms with Crippen molar-refractivity contribution in [2.45, 2.75) is 13.8 Å². The standard InChI is InChI=1S/C16H19FN2O2S/c1-11(2)10-22(20,21)19-14-6-3-12(4-7-14)13-5-8-16(18)15(17)9-13/h3-9,11,19H,10,18H2,1-2H3. The minimum atomic E-state index is -3.35. The van der Waals surface area contributed by atoms with Gasteiger partial charge >= 0.3 is 0 Å². The number of rotatable bonds is 5. The van der Waals surface area contributed by atoms with E-state index in [1.54, 1.807) is 30.3 Å². The van der Waals surface area contributed by atoms with Gasteiger partial charge in [0.15, 0.2) is 0 Å². The molecule has 0 unspecified atom stereocenters. The van der Waals surface area contributed by atoms with Crippen LogP contribution in [0.1, 0.15) is 13.8 Å². The van der Waals surface area contributed by atoms with Crippen molar-refractivity contribution in [3.8, 4) is 11.1 Å². The Hall–Kier alpha value is -2.08. The number of hydrogen-bond acceptors (Lipinski definition) is 3. The van der Waals surface area contributed by atoms with Gasteiger partial charge in [0.1, 0.15) is 5.82 Å². The number of sulfonamides is 1. The second-order valence-electron chi connectivity index (χ2n) is 5.59. The third-order valence-corrected chi connectivity index (χ3v) is 4.70. The molecule has 0 heterocycles. The first kappa shape index (κ1) is 16.3. The Morgan fingerprint density at radius 2 is 1.68 bits per heavy atom. The van der Waals surface area contributed by atoms with Gasteiger partial charge in [-0.05, 0) is 41.3 Å². The molecule has 0 aliphatic heterocycles. The summed E-state index contributed by atoms with van der Waals surface area (Å²) in [4.78, 5) is 0. The lowest BCUT2D eigenvalue weighted by atomic mass is 10.0. The van der Waals surface area contributed by atoms with Crippen LogP contribution in [0, 0.1) is 11.7 Å². The van der Waals surface area contributed by atoms with E-state index in [4.69, 9.17) is 5.73 Å². The predicted octanol–water partition coefficient (Wildman–Crippen LogP) is 3.47. The smallest absolute Gasteiger partial charge is 0.232 e. The van der Waals surface area contributed by atoms with Crippen LogP contribution in [-0.4, -0.2) is 14.2 Å². The average molecular weight is 322 g/mol. The lowest BCUT2D eigenvalue weighted by molar-refractivity contribution is 0.587. The molecule has 4 nitrogen and oxygen atoms in total. The maximum atomic E-state index is 13.5. The van der Waals surface area contributed by atoms with E-state index in [1.807, 2.05) is 13.8 Å². The van der Waals surface area contributed by atoms with Gasteiger partial charge in [-0.1, -0.05) is 32.0 Å². The van der Waals surface area contributed by atoms with Gasteiger partial charge in [0, 0.05) is 5.69 Å². The minimum Gasteiger partial charge on any atom is -0.396 e. The van der Waals surface area contributed by atoms with Crippen molar-refractivity contribution < 1.29 is 12.8 Å². The molecule has 0 bridgehead atoms. The molecule has 0 spiro atoms. The highest BCUT2D eigenvalue weighted by Crippen LogP contribution is 2.24. The zero-order chi connectivity index (χ0) is 16.3. The van der Waals surface area contributed by atoms with Crippen LogP contribution in [0.2, 0.25) is 0 Å². The number of anilines is 2. The minimum absolute atomic E-state index is 0.0505. The Morgan fingerprint density at radius 1 is 1.09 bits per heavy atom. The summed E-state index contributed by atoms with van der Waals surface area (Å²) < 4.78 is 39.7. The van der Waals surface area contributed by atoms with E-state index in [1.165, 1.54) is 12.1 Å². The molecule has 0 atom stereocenters. The van der Waals surface area contributed by atoms with Gasteiger partial charge in [-0.25, -0.2) is 12.8 Å². The summed E-state index contributed by atoms with van der Waals surface area (Å²) in [6, 6.07) is 11.4. The van der Waals surface area contributed by atoms with E-state index < -0.39 is 15.8 Å². The zero-order valence-corrected chi connectivity index (χ0v) is 13.3. The van der Waals surface area contributed by atoms with Crippen molar-refractivity contribution in [3.05, 3.63) is 48.3 Å². The lowest BCUT2D eigenvalue weighted by Crippen LogP contribution is -2.19. The Labute approximate surface area is 130 Å². The second kappa shape index (κ2) is 6.36. The first-order chi connectivity index (χ1) is 10.3. The Morgan fingerprint density at radius 3 is 2.23 bits per heavy atom. The topological polar surface area (TPSA) is 72.2 Å². The van der Waals surface area contributed by atoms with Crippen molar-refractivity contribution in [3.63, 3.8) is 0 Å². The predicted molar refractivity (Wildman–Crippen MR) is 88.5 cm³/mol. The number of nitrogens with one attached hydrogen (secondary N) is 1.